The van der Waals surface area contributed by atoms with Crippen LogP contribution < -0.4 is 15.2 Å². The van der Waals surface area contributed by atoms with E-state index in [1.54, 1.807) is 0 Å². The quantitative estimate of drug-likeness (QED) is 0.788. The van der Waals surface area contributed by atoms with E-state index in [0.29, 0.717) is 25.7 Å². The fourth-order valence-electron chi connectivity index (χ4n) is 1.99. The summed E-state index contributed by atoms with van der Waals surface area (Å²) in [6.07, 6.45) is 0. The number of ether oxygens (including phenoxy) is 2. The first kappa shape index (κ1) is 15.4. The molecule has 0 radical (unpaired) electrons. The number of benzene rings is 2. The Labute approximate surface area is 126 Å². The van der Waals surface area contributed by atoms with E-state index in [2.05, 4.69) is 26.0 Å². The molecule has 0 atom stereocenters. The molecule has 0 saturated carbocycles. The van der Waals surface area contributed by atoms with Crippen LogP contribution in [0.4, 0.5) is 0 Å². The largest absolute Gasteiger partial charge is 0.490 e. The second-order valence-electron chi connectivity index (χ2n) is 5.27. The Morgan fingerprint density at radius 1 is 0.810 bits per heavy atom. The highest BCUT2D eigenvalue weighted by Crippen LogP contribution is 2.18. The minimum Gasteiger partial charge on any atom is -0.490 e. The van der Waals surface area contributed by atoms with Crippen LogP contribution in [-0.4, -0.2) is 13.2 Å². The maximum Gasteiger partial charge on any atom is 0.122 e. The van der Waals surface area contributed by atoms with Crippen LogP contribution in [0.15, 0.2) is 48.5 Å². The van der Waals surface area contributed by atoms with Crippen molar-refractivity contribution in [2.24, 2.45) is 5.73 Å². The third-order valence-corrected chi connectivity index (χ3v) is 3.33. The normalized spacial score (nSPS) is 10.7. The maximum absolute atomic E-state index is 5.66. The molecule has 3 nitrogen and oxygen atoms in total. The lowest BCUT2D eigenvalue weighted by molar-refractivity contribution is 0.217. The molecule has 0 spiro atoms. The lowest BCUT2D eigenvalue weighted by Crippen LogP contribution is -2.09. The Bertz CT molecular complexity index is 532. The predicted octanol–water partition coefficient (Wildman–Crippen LogP) is 3.73. The Balaban J connectivity index is 1.73. The summed E-state index contributed by atoms with van der Waals surface area (Å²) < 4.78 is 11.3. The van der Waals surface area contributed by atoms with Crippen LogP contribution in [0.3, 0.4) is 0 Å². The highest BCUT2D eigenvalue weighted by molar-refractivity contribution is 5.29. The minimum absolute atomic E-state index is 0.522. The molecular formula is C18H23NO2. The molecule has 2 aromatic rings. The van der Waals surface area contributed by atoms with Gasteiger partial charge in [0.1, 0.15) is 24.7 Å². The van der Waals surface area contributed by atoms with E-state index in [4.69, 9.17) is 15.2 Å². The monoisotopic (exact) mass is 285 g/mol. The number of hydrogen-bond acceptors (Lipinski definition) is 3. The van der Waals surface area contributed by atoms with Crippen LogP contribution in [0.1, 0.15) is 30.9 Å². The van der Waals surface area contributed by atoms with Crippen molar-refractivity contribution in [1.29, 1.82) is 0 Å². The van der Waals surface area contributed by atoms with E-state index < -0.39 is 0 Å². The van der Waals surface area contributed by atoms with Gasteiger partial charge in [0.05, 0.1) is 0 Å². The summed E-state index contributed by atoms with van der Waals surface area (Å²) in [5.74, 6) is 2.26. The first-order valence-corrected chi connectivity index (χ1v) is 7.33. The van der Waals surface area contributed by atoms with Crippen molar-refractivity contribution < 1.29 is 9.47 Å². The summed E-state index contributed by atoms with van der Waals surface area (Å²) in [5.41, 5.74) is 7.97. The van der Waals surface area contributed by atoms with Crippen molar-refractivity contribution in [2.45, 2.75) is 26.3 Å². The minimum atomic E-state index is 0.522. The van der Waals surface area contributed by atoms with E-state index in [9.17, 15) is 0 Å². The van der Waals surface area contributed by atoms with Crippen molar-refractivity contribution in [3.8, 4) is 11.5 Å². The van der Waals surface area contributed by atoms with Gasteiger partial charge in [-0.15, -0.1) is 0 Å². The summed E-state index contributed by atoms with van der Waals surface area (Å²) >= 11 is 0. The van der Waals surface area contributed by atoms with Gasteiger partial charge in [-0.05, 0) is 41.3 Å². The Hall–Kier alpha value is -2.00. The van der Waals surface area contributed by atoms with Crippen LogP contribution in [0.25, 0.3) is 0 Å². The van der Waals surface area contributed by atoms with Gasteiger partial charge < -0.3 is 15.2 Å². The van der Waals surface area contributed by atoms with Gasteiger partial charge >= 0.3 is 0 Å². The molecule has 0 aromatic heterocycles. The van der Waals surface area contributed by atoms with Gasteiger partial charge in [-0.3, -0.25) is 0 Å². The van der Waals surface area contributed by atoms with Crippen molar-refractivity contribution >= 4 is 0 Å². The number of hydrogen-bond donors (Lipinski definition) is 1. The average Bonchev–Trinajstić information content (AvgIpc) is 2.52. The molecule has 112 valence electrons. The average molecular weight is 285 g/mol. The van der Waals surface area contributed by atoms with Gasteiger partial charge in [-0.25, -0.2) is 0 Å². The van der Waals surface area contributed by atoms with E-state index in [1.165, 1.54) is 5.56 Å². The lowest BCUT2D eigenvalue weighted by atomic mass is 10.0. The summed E-state index contributed by atoms with van der Waals surface area (Å²) in [6, 6.07) is 16.0. The first-order valence-electron chi connectivity index (χ1n) is 7.33. The molecule has 2 aromatic carbocycles. The van der Waals surface area contributed by atoms with Gasteiger partial charge in [-0.2, -0.15) is 0 Å². The fourth-order valence-corrected chi connectivity index (χ4v) is 1.99. The van der Waals surface area contributed by atoms with E-state index >= 15 is 0 Å². The standard InChI is InChI=1S/C18H23NO2/c1-14(2)16-5-9-18(10-6-16)21-12-11-20-17-7-3-15(13-19)4-8-17/h3-10,14H,11-13,19H2,1-2H3. The van der Waals surface area contributed by atoms with Crippen LogP contribution in [-0.2, 0) is 6.54 Å². The molecule has 0 bridgehead atoms. The molecule has 0 amide bonds. The molecule has 3 heteroatoms. The van der Waals surface area contributed by atoms with Gasteiger partial charge in [0, 0.05) is 6.54 Å². The topological polar surface area (TPSA) is 44.5 Å². The van der Waals surface area contributed by atoms with Crippen molar-refractivity contribution in [2.75, 3.05) is 13.2 Å². The van der Waals surface area contributed by atoms with Crippen molar-refractivity contribution in [1.82, 2.24) is 0 Å². The second kappa shape index (κ2) is 7.70. The van der Waals surface area contributed by atoms with Crippen molar-refractivity contribution in [3.05, 3.63) is 59.7 Å². The first-order chi connectivity index (χ1) is 10.2. The zero-order chi connectivity index (χ0) is 15.1. The van der Waals surface area contributed by atoms with Gasteiger partial charge in [0.25, 0.3) is 0 Å². The molecule has 0 aliphatic heterocycles. The zero-order valence-corrected chi connectivity index (χ0v) is 12.7. The summed E-state index contributed by atoms with van der Waals surface area (Å²) in [6.45, 7) is 5.96. The van der Waals surface area contributed by atoms with Crippen LogP contribution in [0.2, 0.25) is 0 Å². The predicted molar refractivity (Wildman–Crippen MR) is 85.9 cm³/mol. The van der Waals surface area contributed by atoms with E-state index in [1.807, 2.05) is 36.4 Å². The highest BCUT2D eigenvalue weighted by Gasteiger charge is 2.00. The summed E-state index contributed by atoms with van der Waals surface area (Å²) in [5, 5.41) is 0. The number of rotatable bonds is 7. The summed E-state index contributed by atoms with van der Waals surface area (Å²) in [7, 11) is 0. The van der Waals surface area contributed by atoms with E-state index in [0.717, 1.165) is 17.1 Å². The summed E-state index contributed by atoms with van der Waals surface area (Å²) in [4.78, 5) is 0. The lowest BCUT2D eigenvalue weighted by Gasteiger charge is -2.10. The van der Waals surface area contributed by atoms with Gasteiger partial charge in [0.2, 0.25) is 0 Å². The molecule has 21 heavy (non-hydrogen) atoms. The second-order valence-corrected chi connectivity index (χ2v) is 5.27. The van der Waals surface area contributed by atoms with E-state index in [-0.39, 0.29) is 0 Å². The van der Waals surface area contributed by atoms with Crippen LogP contribution in [0.5, 0.6) is 11.5 Å². The molecule has 0 aliphatic rings. The molecule has 2 N–H and O–H groups in total. The molecule has 0 heterocycles. The maximum atomic E-state index is 5.66. The third kappa shape index (κ3) is 4.80. The van der Waals surface area contributed by atoms with Crippen LogP contribution in [0, 0.1) is 0 Å². The molecule has 0 aliphatic carbocycles. The molecule has 2 rings (SSSR count). The zero-order valence-electron chi connectivity index (χ0n) is 12.7. The number of nitrogens with two attached hydrogens (primary N) is 1. The third-order valence-electron chi connectivity index (χ3n) is 3.33. The smallest absolute Gasteiger partial charge is 0.122 e. The Morgan fingerprint density at radius 2 is 1.29 bits per heavy atom. The molecular weight excluding hydrogens is 262 g/mol. The molecule has 0 fully saturated rings. The Kier molecular flexibility index (Phi) is 5.64. The molecule has 0 saturated heterocycles. The van der Waals surface area contributed by atoms with Gasteiger partial charge in [-0.1, -0.05) is 38.1 Å². The van der Waals surface area contributed by atoms with Crippen LogP contribution >= 0.6 is 0 Å². The fraction of sp³-hybridized carbons (Fsp3) is 0.333. The van der Waals surface area contributed by atoms with Gasteiger partial charge in [0.15, 0.2) is 0 Å². The molecule has 0 unspecified atom stereocenters. The van der Waals surface area contributed by atoms with Crippen molar-refractivity contribution in [3.63, 3.8) is 0 Å². The Morgan fingerprint density at radius 3 is 1.71 bits per heavy atom. The SMILES string of the molecule is CC(C)c1ccc(OCCOc2ccc(CN)cc2)cc1. The highest BCUT2D eigenvalue weighted by atomic mass is 16.5.